The molecular formula is C14H20N4OS. The number of hydrogen-bond acceptors (Lipinski definition) is 3. The Morgan fingerprint density at radius 3 is 2.60 bits per heavy atom. The van der Waals surface area contributed by atoms with Crippen LogP contribution in [0, 0.1) is 0 Å². The third-order valence-corrected chi connectivity index (χ3v) is 4.23. The van der Waals surface area contributed by atoms with Crippen molar-refractivity contribution in [3.05, 3.63) is 47.5 Å². The third kappa shape index (κ3) is 4.25. The Balaban J connectivity index is 1.91. The van der Waals surface area contributed by atoms with Crippen LogP contribution >= 0.6 is 0 Å². The zero-order valence-corrected chi connectivity index (χ0v) is 12.8. The number of benzene rings is 1. The fourth-order valence-corrected chi connectivity index (χ4v) is 2.32. The smallest absolute Gasteiger partial charge is 0.165 e. The van der Waals surface area contributed by atoms with Crippen molar-refractivity contribution in [1.29, 1.82) is 0 Å². The van der Waals surface area contributed by atoms with Crippen LogP contribution in [0.4, 0.5) is 0 Å². The molecule has 0 saturated heterocycles. The van der Waals surface area contributed by atoms with Crippen molar-refractivity contribution in [2.75, 3.05) is 0 Å². The molecule has 0 aliphatic carbocycles. The molecule has 0 radical (unpaired) electrons. The maximum Gasteiger partial charge on any atom is 0.165 e. The van der Waals surface area contributed by atoms with Crippen molar-refractivity contribution in [2.45, 2.75) is 38.5 Å². The van der Waals surface area contributed by atoms with Crippen LogP contribution in [0.25, 0.3) is 0 Å². The highest BCUT2D eigenvalue weighted by Crippen LogP contribution is 2.09. The molecular weight excluding hydrogens is 272 g/mol. The van der Waals surface area contributed by atoms with Crippen molar-refractivity contribution in [1.82, 2.24) is 19.9 Å². The lowest BCUT2D eigenvalue weighted by Crippen LogP contribution is -2.33. The van der Waals surface area contributed by atoms with Crippen LogP contribution in [0.2, 0.25) is 0 Å². The monoisotopic (exact) mass is 292 g/mol. The quantitative estimate of drug-likeness (QED) is 0.885. The van der Waals surface area contributed by atoms with Gasteiger partial charge in [-0.1, -0.05) is 30.3 Å². The molecule has 0 aliphatic rings. The lowest BCUT2D eigenvalue weighted by molar-refractivity contribution is 0.632. The van der Waals surface area contributed by atoms with E-state index in [1.165, 1.54) is 5.56 Å². The van der Waals surface area contributed by atoms with Gasteiger partial charge in [0.15, 0.2) is 5.82 Å². The van der Waals surface area contributed by atoms with E-state index in [9.17, 15) is 4.21 Å². The highest BCUT2D eigenvalue weighted by atomic mass is 32.2. The molecule has 2 N–H and O–H groups in total. The molecule has 1 aromatic heterocycles. The Hall–Kier alpha value is -1.53. The minimum Gasteiger partial charge on any atom is -0.263 e. The first-order valence-corrected chi connectivity index (χ1v) is 7.69. The van der Waals surface area contributed by atoms with E-state index in [0.29, 0.717) is 12.4 Å². The number of aromatic amines is 1. The molecule has 1 unspecified atom stereocenters. The van der Waals surface area contributed by atoms with Gasteiger partial charge < -0.3 is 0 Å². The first kappa shape index (κ1) is 14.9. The Morgan fingerprint density at radius 2 is 1.95 bits per heavy atom. The first-order chi connectivity index (χ1) is 9.45. The minimum absolute atomic E-state index is 0.289. The molecule has 108 valence electrons. The third-order valence-electron chi connectivity index (χ3n) is 2.71. The summed E-state index contributed by atoms with van der Waals surface area (Å²) in [7, 11) is -1.11. The summed E-state index contributed by atoms with van der Waals surface area (Å²) < 4.78 is 14.5. The summed E-state index contributed by atoms with van der Waals surface area (Å²) in [6.07, 6.45) is 0.718. The number of hydrogen-bond donors (Lipinski definition) is 2. The highest BCUT2D eigenvalue weighted by Gasteiger charge is 2.19. The topological polar surface area (TPSA) is 70.7 Å². The molecule has 1 atom stereocenters. The molecule has 0 aliphatic heterocycles. The van der Waals surface area contributed by atoms with Gasteiger partial charge in [0.1, 0.15) is 5.82 Å². The van der Waals surface area contributed by atoms with E-state index in [4.69, 9.17) is 0 Å². The molecule has 0 saturated carbocycles. The van der Waals surface area contributed by atoms with Crippen LogP contribution in [0.5, 0.6) is 0 Å². The Kier molecular flexibility index (Phi) is 4.67. The molecule has 0 fully saturated rings. The fourth-order valence-electron chi connectivity index (χ4n) is 1.63. The van der Waals surface area contributed by atoms with Crippen LogP contribution in [0.1, 0.15) is 38.0 Å². The van der Waals surface area contributed by atoms with Crippen molar-refractivity contribution in [3.8, 4) is 0 Å². The van der Waals surface area contributed by atoms with Gasteiger partial charge in [-0.05, 0) is 26.3 Å². The standard InChI is InChI=1S/C14H20N4OS/c1-14(2,3)20(19)15-10-13-16-12(17-18-13)9-11-7-5-4-6-8-11/h4-8,15H,9-10H2,1-3H3,(H,16,17,18). The molecule has 5 nitrogen and oxygen atoms in total. The zero-order valence-electron chi connectivity index (χ0n) is 12.0. The van der Waals surface area contributed by atoms with Crippen LogP contribution in [-0.2, 0) is 24.0 Å². The summed E-state index contributed by atoms with van der Waals surface area (Å²) in [6.45, 7) is 6.17. The second-order valence-corrected chi connectivity index (χ2v) is 7.61. The lowest BCUT2D eigenvalue weighted by Gasteiger charge is -2.17. The Labute approximate surface area is 121 Å². The van der Waals surface area contributed by atoms with Crippen LogP contribution in [0.15, 0.2) is 30.3 Å². The summed E-state index contributed by atoms with van der Waals surface area (Å²) in [4.78, 5) is 4.40. The van der Waals surface area contributed by atoms with E-state index in [1.54, 1.807) is 0 Å². The summed E-state index contributed by atoms with van der Waals surface area (Å²) in [5, 5.41) is 7.05. The average Bonchev–Trinajstić information content (AvgIpc) is 2.83. The average molecular weight is 292 g/mol. The second-order valence-electron chi connectivity index (χ2n) is 5.56. The minimum atomic E-state index is -1.11. The van der Waals surface area contributed by atoms with Crippen LogP contribution in [-0.4, -0.2) is 24.1 Å². The number of nitrogens with zero attached hydrogens (tertiary/aromatic N) is 2. The van der Waals surface area contributed by atoms with Gasteiger partial charge in [0.05, 0.1) is 22.3 Å². The van der Waals surface area contributed by atoms with Crippen LogP contribution < -0.4 is 4.72 Å². The maximum absolute atomic E-state index is 11.9. The molecule has 1 heterocycles. The predicted molar refractivity (Wildman–Crippen MR) is 80.4 cm³/mol. The molecule has 20 heavy (non-hydrogen) atoms. The predicted octanol–water partition coefficient (Wildman–Crippen LogP) is 1.95. The van der Waals surface area contributed by atoms with E-state index in [1.807, 2.05) is 39.0 Å². The van der Waals surface area contributed by atoms with Crippen molar-refractivity contribution >= 4 is 11.0 Å². The van der Waals surface area contributed by atoms with E-state index in [0.717, 1.165) is 12.2 Å². The van der Waals surface area contributed by atoms with Gasteiger partial charge in [0, 0.05) is 6.42 Å². The van der Waals surface area contributed by atoms with Crippen LogP contribution in [0.3, 0.4) is 0 Å². The lowest BCUT2D eigenvalue weighted by atomic mass is 10.1. The summed E-state index contributed by atoms with van der Waals surface area (Å²) in [5.41, 5.74) is 1.18. The van der Waals surface area contributed by atoms with Gasteiger partial charge in [-0.2, -0.15) is 5.10 Å². The molecule has 2 aromatic rings. The van der Waals surface area contributed by atoms with E-state index in [-0.39, 0.29) is 4.75 Å². The Morgan fingerprint density at radius 1 is 1.25 bits per heavy atom. The van der Waals surface area contributed by atoms with E-state index in [2.05, 4.69) is 32.0 Å². The molecule has 0 amide bonds. The number of nitrogens with one attached hydrogen (secondary N) is 2. The van der Waals surface area contributed by atoms with E-state index < -0.39 is 11.0 Å². The van der Waals surface area contributed by atoms with Gasteiger partial charge in [-0.3, -0.25) is 5.10 Å². The normalized spacial score (nSPS) is 13.3. The largest absolute Gasteiger partial charge is 0.263 e. The second kappa shape index (κ2) is 6.28. The number of H-pyrrole nitrogens is 1. The molecule has 2 rings (SSSR count). The Bertz CT molecular complexity index is 574. The van der Waals surface area contributed by atoms with Gasteiger partial charge in [0.25, 0.3) is 0 Å². The maximum atomic E-state index is 11.9. The van der Waals surface area contributed by atoms with Gasteiger partial charge in [-0.25, -0.2) is 13.9 Å². The fraction of sp³-hybridized carbons (Fsp3) is 0.429. The molecule has 1 aromatic carbocycles. The van der Waals surface area contributed by atoms with Gasteiger partial charge in [0.2, 0.25) is 0 Å². The summed E-state index contributed by atoms with van der Waals surface area (Å²) in [5.74, 6) is 1.45. The highest BCUT2D eigenvalue weighted by molar-refractivity contribution is 7.84. The molecule has 6 heteroatoms. The molecule has 0 spiro atoms. The number of aromatic nitrogens is 3. The van der Waals surface area contributed by atoms with E-state index >= 15 is 0 Å². The van der Waals surface area contributed by atoms with Crippen molar-refractivity contribution in [3.63, 3.8) is 0 Å². The zero-order chi connectivity index (χ0) is 14.6. The molecule has 0 bridgehead atoms. The summed E-state index contributed by atoms with van der Waals surface area (Å²) >= 11 is 0. The summed E-state index contributed by atoms with van der Waals surface area (Å²) in [6, 6.07) is 10.1. The van der Waals surface area contributed by atoms with Gasteiger partial charge >= 0.3 is 0 Å². The van der Waals surface area contributed by atoms with Crippen molar-refractivity contribution in [2.24, 2.45) is 0 Å². The first-order valence-electron chi connectivity index (χ1n) is 6.54. The van der Waals surface area contributed by atoms with Crippen molar-refractivity contribution < 1.29 is 4.21 Å². The SMILES string of the molecule is CC(C)(C)S(=O)NCc1n[nH]c(Cc2ccccc2)n1. The van der Waals surface area contributed by atoms with Gasteiger partial charge in [-0.15, -0.1) is 0 Å². The number of rotatable bonds is 5.